The van der Waals surface area contributed by atoms with Crippen molar-refractivity contribution in [2.24, 2.45) is 5.73 Å². The Morgan fingerprint density at radius 1 is 1.04 bits per heavy atom. The summed E-state index contributed by atoms with van der Waals surface area (Å²) in [5.74, 6) is 0. The van der Waals surface area contributed by atoms with Crippen molar-refractivity contribution in [3.8, 4) is 0 Å². The highest BCUT2D eigenvalue weighted by Crippen LogP contribution is 2.29. The Kier molecular flexibility index (Phi) is 5.23. The summed E-state index contributed by atoms with van der Waals surface area (Å²) in [5, 5.41) is 5.11. The van der Waals surface area contributed by atoms with Gasteiger partial charge in [-0.2, -0.15) is 13.2 Å². The number of benzene rings is 2. The van der Waals surface area contributed by atoms with Crippen LogP contribution in [0.25, 0.3) is 0 Å². The molecule has 4 N–H and O–H groups in total. The first-order valence-corrected chi connectivity index (χ1v) is 6.88. The van der Waals surface area contributed by atoms with Gasteiger partial charge in [-0.25, -0.2) is 4.79 Å². The summed E-state index contributed by atoms with van der Waals surface area (Å²) in [6.45, 7) is 0.700. The summed E-state index contributed by atoms with van der Waals surface area (Å²) in [6, 6.07) is 11.2. The number of hydrogen-bond donors (Lipinski definition) is 3. The van der Waals surface area contributed by atoms with Gasteiger partial charge in [0.15, 0.2) is 0 Å². The largest absolute Gasteiger partial charge is 0.416 e. The number of hydrogen-bond acceptors (Lipinski definition) is 2. The van der Waals surface area contributed by atoms with Crippen LogP contribution in [0.1, 0.15) is 16.7 Å². The van der Waals surface area contributed by atoms with E-state index in [2.05, 4.69) is 10.6 Å². The van der Waals surface area contributed by atoms with Gasteiger partial charge in [0.25, 0.3) is 0 Å². The molecule has 23 heavy (non-hydrogen) atoms. The number of halogens is 3. The smallest absolute Gasteiger partial charge is 0.334 e. The van der Waals surface area contributed by atoms with Crippen LogP contribution in [-0.2, 0) is 19.3 Å². The molecule has 2 amide bonds. The average Bonchev–Trinajstić information content (AvgIpc) is 2.53. The van der Waals surface area contributed by atoms with Gasteiger partial charge in [0.05, 0.1) is 5.56 Å². The van der Waals surface area contributed by atoms with Gasteiger partial charge in [-0.1, -0.05) is 24.3 Å². The zero-order valence-electron chi connectivity index (χ0n) is 12.2. The molecule has 2 aromatic rings. The maximum atomic E-state index is 12.4. The van der Waals surface area contributed by atoms with Crippen molar-refractivity contribution in [2.45, 2.75) is 19.3 Å². The van der Waals surface area contributed by atoms with Crippen LogP contribution in [-0.4, -0.2) is 6.03 Å². The molecule has 2 aromatic carbocycles. The number of amides is 2. The zero-order chi connectivity index (χ0) is 16.9. The summed E-state index contributed by atoms with van der Waals surface area (Å²) < 4.78 is 37.3. The van der Waals surface area contributed by atoms with E-state index in [1.165, 1.54) is 12.1 Å². The second-order valence-corrected chi connectivity index (χ2v) is 4.91. The maximum absolute atomic E-state index is 12.4. The van der Waals surface area contributed by atoms with E-state index in [4.69, 9.17) is 5.73 Å². The highest BCUT2D eigenvalue weighted by atomic mass is 19.4. The SMILES string of the molecule is NCc1cccc(CNC(=O)Nc2ccc(C(F)(F)F)cc2)c1. The van der Waals surface area contributed by atoms with Crippen LogP contribution >= 0.6 is 0 Å². The van der Waals surface area contributed by atoms with Gasteiger partial charge in [0.1, 0.15) is 0 Å². The third-order valence-electron chi connectivity index (χ3n) is 3.15. The van der Waals surface area contributed by atoms with E-state index in [1.807, 2.05) is 24.3 Å². The molecule has 0 fully saturated rings. The van der Waals surface area contributed by atoms with E-state index in [1.54, 1.807) is 0 Å². The molecule has 0 aliphatic carbocycles. The third kappa shape index (κ3) is 5.00. The van der Waals surface area contributed by atoms with Crippen LogP contribution in [0.2, 0.25) is 0 Å². The van der Waals surface area contributed by atoms with Crippen LogP contribution in [0.4, 0.5) is 23.7 Å². The normalized spacial score (nSPS) is 11.1. The number of rotatable bonds is 4. The van der Waals surface area contributed by atoms with Gasteiger partial charge < -0.3 is 16.4 Å². The van der Waals surface area contributed by atoms with Gasteiger partial charge in [0, 0.05) is 18.8 Å². The number of alkyl halides is 3. The molecule has 0 heterocycles. The van der Waals surface area contributed by atoms with Gasteiger partial charge in [-0.05, 0) is 35.4 Å². The Labute approximate surface area is 131 Å². The lowest BCUT2D eigenvalue weighted by Gasteiger charge is -2.10. The van der Waals surface area contributed by atoms with Gasteiger partial charge in [-0.3, -0.25) is 0 Å². The Hall–Kier alpha value is -2.54. The van der Waals surface area contributed by atoms with E-state index < -0.39 is 17.8 Å². The van der Waals surface area contributed by atoms with E-state index in [0.29, 0.717) is 13.1 Å². The van der Waals surface area contributed by atoms with E-state index in [0.717, 1.165) is 23.3 Å². The van der Waals surface area contributed by atoms with E-state index in [9.17, 15) is 18.0 Å². The molecule has 122 valence electrons. The molecule has 0 unspecified atom stereocenters. The molecular formula is C16H16F3N3O. The van der Waals surface area contributed by atoms with Crippen LogP contribution < -0.4 is 16.4 Å². The van der Waals surface area contributed by atoms with Crippen molar-refractivity contribution in [3.05, 3.63) is 65.2 Å². The molecule has 0 radical (unpaired) electrons. The lowest BCUT2D eigenvalue weighted by atomic mass is 10.1. The van der Waals surface area contributed by atoms with Crippen molar-refractivity contribution in [3.63, 3.8) is 0 Å². The monoisotopic (exact) mass is 323 g/mol. The lowest BCUT2D eigenvalue weighted by molar-refractivity contribution is -0.137. The highest BCUT2D eigenvalue weighted by molar-refractivity contribution is 5.89. The Balaban J connectivity index is 1.89. The number of anilines is 1. The summed E-state index contributed by atoms with van der Waals surface area (Å²) >= 11 is 0. The van der Waals surface area contributed by atoms with Crippen LogP contribution in [0.5, 0.6) is 0 Å². The Morgan fingerprint density at radius 3 is 2.30 bits per heavy atom. The second-order valence-electron chi connectivity index (χ2n) is 4.91. The molecule has 2 rings (SSSR count). The van der Waals surface area contributed by atoms with Crippen LogP contribution in [0, 0.1) is 0 Å². The van der Waals surface area contributed by atoms with Gasteiger partial charge in [-0.15, -0.1) is 0 Å². The number of nitrogens with one attached hydrogen (secondary N) is 2. The fraction of sp³-hybridized carbons (Fsp3) is 0.188. The molecule has 0 saturated heterocycles. The third-order valence-corrected chi connectivity index (χ3v) is 3.15. The van der Waals surface area contributed by atoms with Crippen molar-refractivity contribution >= 4 is 11.7 Å². The number of carbonyl (C=O) groups is 1. The maximum Gasteiger partial charge on any atom is 0.416 e. The average molecular weight is 323 g/mol. The highest BCUT2D eigenvalue weighted by Gasteiger charge is 2.29. The molecule has 4 nitrogen and oxygen atoms in total. The Bertz CT molecular complexity index is 669. The van der Waals surface area contributed by atoms with Crippen molar-refractivity contribution in [1.29, 1.82) is 0 Å². The number of urea groups is 1. The fourth-order valence-corrected chi connectivity index (χ4v) is 1.97. The quantitative estimate of drug-likeness (QED) is 0.806. The fourth-order valence-electron chi connectivity index (χ4n) is 1.97. The lowest BCUT2D eigenvalue weighted by Crippen LogP contribution is -2.28. The molecule has 0 bridgehead atoms. The van der Waals surface area contributed by atoms with Crippen molar-refractivity contribution in [2.75, 3.05) is 5.32 Å². The standard InChI is InChI=1S/C16H16F3N3O/c17-16(18,19)13-4-6-14(7-5-13)22-15(23)21-10-12-3-1-2-11(8-12)9-20/h1-8H,9-10,20H2,(H2,21,22,23). The van der Waals surface area contributed by atoms with Crippen LogP contribution in [0.3, 0.4) is 0 Å². The van der Waals surface area contributed by atoms with Gasteiger partial charge >= 0.3 is 12.2 Å². The summed E-state index contributed by atoms with van der Waals surface area (Å²) in [6.07, 6.45) is -4.39. The first-order chi connectivity index (χ1) is 10.9. The Morgan fingerprint density at radius 2 is 1.70 bits per heavy atom. The first-order valence-electron chi connectivity index (χ1n) is 6.88. The van der Waals surface area contributed by atoms with E-state index >= 15 is 0 Å². The molecule has 0 aliphatic heterocycles. The number of carbonyl (C=O) groups excluding carboxylic acids is 1. The topological polar surface area (TPSA) is 67.1 Å². The zero-order valence-corrected chi connectivity index (χ0v) is 12.2. The van der Waals surface area contributed by atoms with Crippen molar-refractivity contribution in [1.82, 2.24) is 5.32 Å². The predicted molar refractivity (Wildman–Crippen MR) is 81.6 cm³/mol. The molecule has 0 aliphatic rings. The molecule has 0 atom stereocenters. The summed E-state index contributed by atoms with van der Waals surface area (Å²) in [4.78, 5) is 11.8. The molecule has 0 spiro atoms. The van der Waals surface area contributed by atoms with Gasteiger partial charge in [0.2, 0.25) is 0 Å². The summed E-state index contributed by atoms with van der Waals surface area (Å²) in [7, 11) is 0. The minimum Gasteiger partial charge on any atom is -0.334 e. The minimum atomic E-state index is -4.39. The minimum absolute atomic E-state index is 0.284. The molecule has 0 aromatic heterocycles. The van der Waals surface area contributed by atoms with Crippen molar-refractivity contribution < 1.29 is 18.0 Å². The molecule has 0 saturated carbocycles. The molecular weight excluding hydrogens is 307 g/mol. The first kappa shape index (κ1) is 16.8. The number of nitrogens with two attached hydrogens (primary N) is 1. The molecule has 7 heteroatoms. The summed E-state index contributed by atoms with van der Waals surface area (Å²) in [5.41, 5.74) is 6.90. The van der Waals surface area contributed by atoms with Crippen LogP contribution in [0.15, 0.2) is 48.5 Å². The second kappa shape index (κ2) is 7.15. The van der Waals surface area contributed by atoms with E-state index in [-0.39, 0.29) is 5.69 Å². The predicted octanol–water partition coefficient (Wildman–Crippen LogP) is 3.49.